The summed E-state index contributed by atoms with van der Waals surface area (Å²) in [7, 11) is 0. The molecular weight excluding hydrogens is 164 g/mol. The molecule has 3 heteroatoms. The molecule has 2 atom stereocenters. The van der Waals surface area contributed by atoms with Gasteiger partial charge < -0.3 is 10.1 Å². The smallest absolute Gasteiger partial charge is 0.0674 e. The first-order valence-electron chi connectivity index (χ1n) is 5.30. The highest BCUT2D eigenvalue weighted by Gasteiger charge is 2.22. The Morgan fingerprint density at radius 1 is 1.46 bits per heavy atom. The maximum Gasteiger partial charge on any atom is 0.0674 e. The molecule has 1 rings (SSSR count). The normalized spacial score (nSPS) is 30.7. The molecule has 0 radical (unpaired) electrons. The summed E-state index contributed by atoms with van der Waals surface area (Å²) in [6, 6.07) is 0.579. The van der Waals surface area contributed by atoms with E-state index in [4.69, 9.17) is 4.74 Å². The Labute approximate surface area is 81.4 Å². The number of morpholine rings is 1. The Morgan fingerprint density at radius 3 is 2.92 bits per heavy atom. The number of rotatable bonds is 4. The molecule has 0 aromatic rings. The van der Waals surface area contributed by atoms with Crippen LogP contribution in [0.4, 0.5) is 0 Å². The molecule has 78 valence electrons. The number of hydrogen-bond acceptors (Lipinski definition) is 3. The molecule has 0 aromatic heterocycles. The molecule has 1 aliphatic rings. The Morgan fingerprint density at radius 2 is 2.23 bits per heavy atom. The second kappa shape index (κ2) is 5.58. The molecule has 1 heterocycles. The monoisotopic (exact) mass is 186 g/mol. The number of likely N-dealkylation sites (N-methyl/N-ethyl adjacent to an activating group) is 1. The van der Waals surface area contributed by atoms with Crippen molar-refractivity contribution in [3.05, 3.63) is 0 Å². The Hall–Kier alpha value is -0.120. The van der Waals surface area contributed by atoms with Gasteiger partial charge in [-0.1, -0.05) is 6.92 Å². The number of hydrogen-bond donors (Lipinski definition) is 1. The first-order valence-corrected chi connectivity index (χ1v) is 5.30. The van der Waals surface area contributed by atoms with Crippen molar-refractivity contribution in [2.24, 2.45) is 0 Å². The van der Waals surface area contributed by atoms with Crippen LogP contribution in [-0.2, 0) is 4.74 Å². The SMILES string of the molecule is CCNCCN1CC(C)OCC1C. The number of ether oxygens (including phenoxy) is 1. The van der Waals surface area contributed by atoms with Gasteiger partial charge in [-0.05, 0) is 20.4 Å². The molecule has 1 aliphatic heterocycles. The molecule has 0 amide bonds. The van der Waals surface area contributed by atoms with E-state index >= 15 is 0 Å². The van der Waals surface area contributed by atoms with E-state index in [1.54, 1.807) is 0 Å². The van der Waals surface area contributed by atoms with Crippen molar-refractivity contribution in [2.75, 3.05) is 32.8 Å². The zero-order valence-corrected chi connectivity index (χ0v) is 9.05. The molecule has 2 unspecified atom stereocenters. The highest BCUT2D eigenvalue weighted by Crippen LogP contribution is 2.09. The maximum atomic E-state index is 5.56. The highest BCUT2D eigenvalue weighted by atomic mass is 16.5. The first-order chi connectivity index (χ1) is 6.24. The molecule has 0 saturated carbocycles. The zero-order chi connectivity index (χ0) is 9.68. The van der Waals surface area contributed by atoms with Crippen LogP contribution in [0.1, 0.15) is 20.8 Å². The molecule has 13 heavy (non-hydrogen) atoms. The molecule has 0 bridgehead atoms. The minimum atomic E-state index is 0.401. The number of nitrogens with zero attached hydrogens (tertiary/aromatic N) is 1. The summed E-state index contributed by atoms with van der Waals surface area (Å²) in [4.78, 5) is 2.50. The van der Waals surface area contributed by atoms with Crippen LogP contribution in [0.25, 0.3) is 0 Å². The maximum absolute atomic E-state index is 5.56. The molecular formula is C10H22N2O. The Kier molecular flexibility index (Phi) is 4.70. The topological polar surface area (TPSA) is 24.5 Å². The summed E-state index contributed by atoms with van der Waals surface area (Å²) < 4.78 is 5.56. The van der Waals surface area contributed by atoms with Crippen LogP contribution in [0.5, 0.6) is 0 Å². The predicted molar refractivity (Wildman–Crippen MR) is 55.0 cm³/mol. The van der Waals surface area contributed by atoms with Crippen molar-refractivity contribution in [2.45, 2.75) is 32.9 Å². The zero-order valence-electron chi connectivity index (χ0n) is 9.05. The van der Waals surface area contributed by atoms with Gasteiger partial charge in [-0.25, -0.2) is 0 Å². The summed E-state index contributed by atoms with van der Waals surface area (Å²) >= 11 is 0. The second-order valence-corrected chi connectivity index (χ2v) is 3.84. The van der Waals surface area contributed by atoms with Crippen molar-refractivity contribution in [1.82, 2.24) is 10.2 Å². The molecule has 1 saturated heterocycles. The summed E-state index contributed by atoms with van der Waals surface area (Å²) in [5.74, 6) is 0. The van der Waals surface area contributed by atoms with Crippen LogP contribution in [-0.4, -0.2) is 49.8 Å². The fourth-order valence-electron chi connectivity index (χ4n) is 1.68. The van der Waals surface area contributed by atoms with Gasteiger partial charge in [0.05, 0.1) is 12.7 Å². The van der Waals surface area contributed by atoms with Crippen molar-refractivity contribution in [3.63, 3.8) is 0 Å². The van der Waals surface area contributed by atoms with E-state index in [2.05, 4.69) is 31.0 Å². The van der Waals surface area contributed by atoms with Gasteiger partial charge in [0, 0.05) is 25.7 Å². The van der Waals surface area contributed by atoms with Crippen molar-refractivity contribution in [3.8, 4) is 0 Å². The van der Waals surface area contributed by atoms with E-state index < -0.39 is 0 Å². The van der Waals surface area contributed by atoms with Crippen molar-refractivity contribution >= 4 is 0 Å². The van der Waals surface area contributed by atoms with E-state index in [9.17, 15) is 0 Å². The summed E-state index contributed by atoms with van der Waals surface area (Å²) in [6.45, 7) is 11.8. The highest BCUT2D eigenvalue weighted by molar-refractivity contribution is 4.75. The van der Waals surface area contributed by atoms with Gasteiger partial charge in [-0.2, -0.15) is 0 Å². The lowest BCUT2D eigenvalue weighted by Gasteiger charge is -2.36. The van der Waals surface area contributed by atoms with Crippen molar-refractivity contribution < 1.29 is 4.74 Å². The van der Waals surface area contributed by atoms with E-state index in [1.165, 1.54) is 0 Å². The third-order valence-corrected chi connectivity index (χ3v) is 2.56. The third kappa shape index (κ3) is 3.63. The molecule has 1 fully saturated rings. The van der Waals surface area contributed by atoms with Crippen LogP contribution >= 0.6 is 0 Å². The summed E-state index contributed by atoms with van der Waals surface area (Å²) in [6.07, 6.45) is 0.401. The summed E-state index contributed by atoms with van der Waals surface area (Å²) in [5, 5.41) is 3.35. The molecule has 1 N–H and O–H groups in total. The standard InChI is InChI=1S/C10H22N2O/c1-4-11-5-6-12-7-10(3)13-8-9(12)2/h9-11H,4-8H2,1-3H3. The predicted octanol–water partition coefficient (Wildman–Crippen LogP) is 0.705. The average Bonchev–Trinajstić information content (AvgIpc) is 2.11. The molecule has 0 aliphatic carbocycles. The van der Waals surface area contributed by atoms with Crippen LogP contribution < -0.4 is 5.32 Å². The molecule has 0 aromatic carbocycles. The van der Waals surface area contributed by atoms with Gasteiger partial charge in [0.25, 0.3) is 0 Å². The Balaban J connectivity index is 2.21. The van der Waals surface area contributed by atoms with E-state index in [0.717, 1.165) is 32.8 Å². The summed E-state index contributed by atoms with van der Waals surface area (Å²) in [5.41, 5.74) is 0. The first kappa shape index (κ1) is 11.0. The van der Waals surface area contributed by atoms with Gasteiger partial charge in [0.2, 0.25) is 0 Å². The van der Waals surface area contributed by atoms with Crippen molar-refractivity contribution in [1.29, 1.82) is 0 Å². The lowest BCUT2D eigenvalue weighted by molar-refractivity contribution is -0.0485. The van der Waals surface area contributed by atoms with Gasteiger partial charge in [-0.3, -0.25) is 4.90 Å². The lowest BCUT2D eigenvalue weighted by Crippen LogP contribution is -2.49. The van der Waals surface area contributed by atoms with Gasteiger partial charge in [0.1, 0.15) is 0 Å². The van der Waals surface area contributed by atoms with Gasteiger partial charge in [-0.15, -0.1) is 0 Å². The molecule has 0 spiro atoms. The van der Waals surface area contributed by atoms with E-state index in [-0.39, 0.29) is 0 Å². The van der Waals surface area contributed by atoms with Crippen LogP contribution in [0.3, 0.4) is 0 Å². The van der Waals surface area contributed by atoms with Crippen LogP contribution in [0.2, 0.25) is 0 Å². The fourth-order valence-corrected chi connectivity index (χ4v) is 1.68. The van der Waals surface area contributed by atoms with Gasteiger partial charge >= 0.3 is 0 Å². The average molecular weight is 186 g/mol. The Bertz CT molecular complexity index is 141. The van der Waals surface area contributed by atoms with E-state index in [1.807, 2.05) is 0 Å². The van der Waals surface area contributed by atoms with Crippen LogP contribution in [0, 0.1) is 0 Å². The number of nitrogens with one attached hydrogen (secondary N) is 1. The van der Waals surface area contributed by atoms with Crippen LogP contribution in [0.15, 0.2) is 0 Å². The second-order valence-electron chi connectivity index (χ2n) is 3.84. The van der Waals surface area contributed by atoms with E-state index in [0.29, 0.717) is 12.1 Å². The fraction of sp³-hybridized carbons (Fsp3) is 1.00. The molecule has 3 nitrogen and oxygen atoms in total. The largest absolute Gasteiger partial charge is 0.376 e. The van der Waals surface area contributed by atoms with Gasteiger partial charge in [0.15, 0.2) is 0 Å². The third-order valence-electron chi connectivity index (χ3n) is 2.56. The quantitative estimate of drug-likeness (QED) is 0.654. The minimum Gasteiger partial charge on any atom is -0.376 e. The minimum absolute atomic E-state index is 0.401. The lowest BCUT2D eigenvalue weighted by atomic mass is 10.2.